The van der Waals surface area contributed by atoms with Crippen molar-refractivity contribution in [3.05, 3.63) is 0 Å². The second-order valence-corrected chi connectivity index (χ2v) is 3.91. The van der Waals surface area contributed by atoms with Crippen LogP contribution in [-0.4, -0.2) is 48.7 Å². The van der Waals surface area contributed by atoms with Gasteiger partial charge in [-0.3, -0.25) is 9.69 Å². The van der Waals surface area contributed by atoms with Crippen molar-refractivity contribution in [3.8, 4) is 0 Å². The Kier molecular flexibility index (Phi) is 4.90. The van der Waals surface area contributed by atoms with E-state index in [9.17, 15) is 4.79 Å². The zero-order valence-corrected chi connectivity index (χ0v) is 8.83. The number of hydrogen-bond donors (Lipinski definition) is 2. The molecule has 0 atom stereocenters. The van der Waals surface area contributed by atoms with Crippen LogP contribution >= 0.6 is 0 Å². The number of piperidine rings is 1. The zero-order chi connectivity index (χ0) is 10.4. The molecule has 0 aromatic rings. The van der Waals surface area contributed by atoms with Gasteiger partial charge in [0.05, 0.1) is 6.54 Å². The van der Waals surface area contributed by atoms with Crippen molar-refractivity contribution in [2.75, 3.05) is 32.7 Å². The molecule has 0 amide bonds. The number of nitrogens with one attached hydrogen (secondary N) is 1. The van der Waals surface area contributed by atoms with Gasteiger partial charge in [-0.25, -0.2) is 0 Å². The molecular weight excluding hydrogens is 180 g/mol. The van der Waals surface area contributed by atoms with Crippen LogP contribution in [0.3, 0.4) is 0 Å². The largest absolute Gasteiger partial charge is 0.480 e. The summed E-state index contributed by atoms with van der Waals surface area (Å²) in [7, 11) is 0. The van der Waals surface area contributed by atoms with Gasteiger partial charge in [-0.1, -0.05) is 6.92 Å². The van der Waals surface area contributed by atoms with Gasteiger partial charge in [-0.05, 0) is 38.4 Å². The Hall–Kier alpha value is -0.610. The minimum absolute atomic E-state index is 0.181. The number of rotatable bonds is 5. The summed E-state index contributed by atoms with van der Waals surface area (Å²) < 4.78 is 0. The van der Waals surface area contributed by atoms with Gasteiger partial charge in [-0.2, -0.15) is 0 Å². The summed E-state index contributed by atoms with van der Waals surface area (Å²) in [6.45, 7) is 6.12. The summed E-state index contributed by atoms with van der Waals surface area (Å²) in [5.41, 5.74) is 0. The molecule has 82 valence electrons. The zero-order valence-electron chi connectivity index (χ0n) is 8.83. The molecule has 0 spiro atoms. The normalized spacial score (nSPS) is 18.7. The molecule has 1 aliphatic rings. The Morgan fingerprint density at radius 2 is 2.14 bits per heavy atom. The highest BCUT2D eigenvalue weighted by molar-refractivity contribution is 5.69. The van der Waals surface area contributed by atoms with E-state index in [1.54, 1.807) is 0 Å². The molecule has 1 aliphatic heterocycles. The van der Waals surface area contributed by atoms with Crippen LogP contribution in [0, 0.1) is 5.92 Å². The van der Waals surface area contributed by atoms with Crippen LogP contribution in [0.1, 0.15) is 19.8 Å². The van der Waals surface area contributed by atoms with Gasteiger partial charge in [0, 0.05) is 6.54 Å². The first-order valence-corrected chi connectivity index (χ1v) is 5.37. The van der Waals surface area contributed by atoms with Crippen molar-refractivity contribution in [2.24, 2.45) is 5.92 Å². The van der Waals surface area contributed by atoms with Gasteiger partial charge in [-0.15, -0.1) is 0 Å². The van der Waals surface area contributed by atoms with Crippen LogP contribution in [0.2, 0.25) is 0 Å². The molecule has 0 saturated carbocycles. The third-order valence-corrected chi connectivity index (χ3v) is 2.78. The summed E-state index contributed by atoms with van der Waals surface area (Å²) in [6.07, 6.45) is 2.35. The fourth-order valence-electron chi connectivity index (χ4n) is 1.93. The monoisotopic (exact) mass is 200 g/mol. The summed E-state index contributed by atoms with van der Waals surface area (Å²) in [4.78, 5) is 12.6. The highest BCUT2D eigenvalue weighted by Gasteiger charge is 2.17. The van der Waals surface area contributed by atoms with E-state index in [2.05, 4.69) is 5.32 Å². The second-order valence-electron chi connectivity index (χ2n) is 3.91. The third-order valence-electron chi connectivity index (χ3n) is 2.78. The molecule has 0 aromatic carbocycles. The molecule has 0 bridgehead atoms. The maximum atomic E-state index is 10.6. The lowest BCUT2D eigenvalue weighted by Crippen LogP contribution is -2.38. The maximum absolute atomic E-state index is 10.6. The van der Waals surface area contributed by atoms with Gasteiger partial charge in [0.25, 0.3) is 0 Å². The molecular formula is C10H20N2O2. The van der Waals surface area contributed by atoms with E-state index < -0.39 is 5.97 Å². The van der Waals surface area contributed by atoms with Crippen molar-refractivity contribution in [1.82, 2.24) is 10.2 Å². The van der Waals surface area contributed by atoms with Crippen molar-refractivity contribution in [2.45, 2.75) is 19.8 Å². The summed E-state index contributed by atoms with van der Waals surface area (Å²) in [5.74, 6) is -0.0451. The average molecular weight is 200 g/mol. The molecule has 1 heterocycles. The van der Waals surface area contributed by atoms with Crippen LogP contribution in [-0.2, 0) is 4.79 Å². The number of carboxylic acids is 1. The molecule has 4 heteroatoms. The number of carboxylic acid groups (broad SMARTS) is 1. The molecule has 0 unspecified atom stereocenters. The summed E-state index contributed by atoms with van der Waals surface area (Å²) in [6, 6.07) is 0. The Morgan fingerprint density at radius 1 is 1.50 bits per heavy atom. The van der Waals surface area contributed by atoms with Gasteiger partial charge < -0.3 is 10.4 Å². The van der Waals surface area contributed by atoms with Gasteiger partial charge in [0.1, 0.15) is 0 Å². The van der Waals surface area contributed by atoms with Gasteiger partial charge in [0.2, 0.25) is 0 Å². The molecule has 1 fully saturated rings. The van der Waals surface area contributed by atoms with Crippen LogP contribution in [0.5, 0.6) is 0 Å². The smallest absolute Gasteiger partial charge is 0.317 e. The lowest BCUT2D eigenvalue weighted by Gasteiger charge is -2.28. The van der Waals surface area contributed by atoms with E-state index in [-0.39, 0.29) is 6.54 Å². The lowest BCUT2D eigenvalue weighted by atomic mass is 9.97. The predicted molar refractivity (Wildman–Crippen MR) is 55.3 cm³/mol. The molecule has 1 rings (SSSR count). The minimum Gasteiger partial charge on any atom is -0.480 e. The number of nitrogens with zero attached hydrogens (tertiary/aromatic N) is 1. The maximum Gasteiger partial charge on any atom is 0.317 e. The number of likely N-dealkylation sites (N-methyl/N-ethyl adjacent to an activating group) is 1. The van der Waals surface area contributed by atoms with Crippen LogP contribution in [0.15, 0.2) is 0 Å². The highest BCUT2D eigenvalue weighted by atomic mass is 16.4. The topological polar surface area (TPSA) is 52.6 Å². The minimum atomic E-state index is -0.721. The van der Waals surface area contributed by atoms with E-state index in [0.717, 1.165) is 26.2 Å². The van der Waals surface area contributed by atoms with Crippen molar-refractivity contribution < 1.29 is 9.90 Å². The third kappa shape index (κ3) is 4.07. The molecule has 1 saturated heterocycles. The predicted octanol–water partition coefficient (Wildman–Crippen LogP) is 0.393. The van der Waals surface area contributed by atoms with E-state index in [4.69, 9.17) is 5.11 Å². The Morgan fingerprint density at radius 3 is 2.64 bits per heavy atom. The van der Waals surface area contributed by atoms with E-state index in [1.807, 2.05) is 11.8 Å². The van der Waals surface area contributed by atoms with Crippen molar-refractivity contribution in [3.63, 3.8) is 0 Å². The molecule has 4 nitrogen and oxygen atoms in total. The number of carbonyl (C=O) groups is 1. The molecule has 0 radical (unpaired) electrons. The standard InChI is InChI=1S/C10H20N2O2/c1-2-12(8-10(13)14)7-9-3-5-11-6-4-9/h9,11H,2-8H2,1H3,(H,13,14). The fraction of sp³-hybridized carbons (Fsp3) is 0.900. The van der Waals surface area contributed by atoms with E-state index >= 15 is 0 Å². The SMILES string of the molecule is CCN(CC(=O)O)CC1CCNCC1. The molecule has 2 N–H and O–H groups in total. The van der Waals surface area contributed by atoms with E-state index in [1.165, 1.54) is 12.8 Å². The fourth-order valence-corrected chi connectivity index (χ4v) is 1.93. The van der Waals surface area contributed by atoms with Crippen LogP contribution < -0.4 is 5.32 Å². The highest BCUT2D eigenvalue weighted by Crippen LogP contribution is 2.12. The summed E-state index contributed by atoms with van der Waals surface area (Å²) in [5, 5.41) is 12.0. The first kappa shape index (κ1) is 11.5. The summed E-state index contributed by atoms with van der Waals surface area (Å²) >= 11 is 0. The van der Waals surface area contributed by atoms with Crippen LogP contribution in [0.25, 0.3) is 0 Å². The Bertz CT molecular complexity index is 179. The van der Waals surface area contributed by atoms with Gasteiger partial charge >= 0.3 is 5.97 Å². The molecule has 0 aliphatic carbocycles. The van der Waals surface area contributed by atoms with Crippen molar-refractivity contribution >= 4 is 5.97 Å². The van der Waals surface area contributed by atoms with Crippen LogP contribution in [0.4, 0.5) is 0 Å². The molecule has 0 aromatic heterocycles. The van der Waals surface area contributed by atoms with Gasteiger partial charge in [0.15, 0.2) is 0 Å². The first-order chi connectivity index (χ1) is 6.72. The Balaban J connectivity index is 2.27. The molecule has 14 heavy (non-hydrogen) atoms. The average Bonchev–Trinajstić information content (AvgIpc) is 2.17. The lowest BCUT2D eigenvalue weighted by molar-refractivity contribution is -0.138. The Labute approximate surface area is 85.3 Å². The number of aliphatic carboxylic acids is 1. The first-order valence-electron chi connectivity index (χ1n) is 5.37. The second kappa shape index (κ2) is 5.98. The quantitative estimate of drug-likeness (QED) is 0.674. The number of hydrogen-bond acceptors (Lipinski definition) is 3. The van der Waals surface area contributed by atoms with Crippen molar-refractivity contribution in [1.29, 1.82) is 0 Å². The van der Waals surface area contributed by atoms with E-state index in [0.29, 0.717) is 5.92 Å².